The molecule has 0 bridgehead atoms. The van der Waals surface area contributed by atoms with Gasteiger partial charge in [-0.05, 0) is 128 Å². The van der Waals surface area contributed by atoms with Crippen LogP contribution in [0.1, 0.15) is 335 Å². The highest BCUT2D eigenvalue weighted by atomic mass is 16.6. The minimum absolute atomic E-state index is 0.0833. The summed E-state index contributed by atoms with van der Waals surface area (Å²) >= 11 is 0. The summed E-state index contributed by atoms with van der Waals surface area (Å²) in [7, 11) is 0. The minimum Gasteiger partial charge on any atom is -0.462 e. The molecule has 82 heavy (non-hydrogen) atoms. The first-order chi connectivity index (χ1) is 40.5. The zero-order chi connectivity index (χ0) is 59.2. The van der Waals surface area contributed by atoms with E-state index in [-0.39, 0.29) is 31.1 Å². The van der Waals surface area contributed by atoms with Crippen molar-refractivity contribution in [2.75, 3.05) is 13.2 Å². The number of unbranched alkanes of at least 4 members (excludes halogenated alkanes) is 34. The van der Waals surface area contributed by atoms with Crippen molar-refractivity contribution < 1.29 is 28.6 Å². The van der Waals surface area contributed by atoms with E-state index < -0.39 is 6.10 Å². The maximum Gasteiger partial charge on any atom is 0.306 e. The molecule has 0 aliphatic carbocycles. The van der Waals surface area contributed by atoms with Crippen molar-refractivity contribution in [2.24, 2.45) is 0 Å². The van der Waals surface area contributed by atoms with Crippen LogP contribution in [0.5, 0.6) is 0 Å². The Balaban J connectivity index is 4.27. The fourth-order valence-electron chi connectivity index (χ4n) is 9.77. The van der Waals surface area contributed by atoms with Gasteiger partial charge in [0.2, 0.25) is 0 Å². The van der Waals surface area contributed by atoms with Crippen molar-refractivity contribution in [2.45, 2.75) is 341 Å². The molecule has 0 spiro atoms. The van der Waals surface area contributed by atoms with Crippen LogP contribution in [0.2, 0.25) is 0 Å². The standard InChI is InChI=1S/C76H130O6/c1-4-7-10-13-16-19-22-25-27-29-31-33-35-36-37-38-39-40-42-43-45-47-49-51-54-57-60-63-66-69-75(78)81-72-73(71-80-74(77)68-65-62-59-56-53-24-21-18-15-12-9-6-3)82-76(79)70-67-64-61-58-55-52-50-48-46-44-41-34-32-30-28-26-23-20-17-14-11-8-5-2/h7,10,16,18-19,21,23,25-27,30-33,36-37,41,44,73H,4-6,8-9,11-15,17,20,22,24,28-29,34-35,38-40,42-43,45-72H2,1-3H3/b10-7-,19-16-,21-18-,26-23-,27-25-,32-30-,33-31-,37-36-,44-41-. The van der Waals surface area contributed by atoms with Gasteiger partial charge < -0.3 is 14.2 Å². The molecular formula is C76H130O6. The molecule has 0 heterocycles. The average Bonchev–Trinajstić information content (AvgIpc) is 3.47. The van der Waals surface area contributed by atoms with Crippen molar-refractivity contribution in [1.82, 2.24) is 0 Å². The lowest BCUT2D eigenvalue weighted by molar-refractivity contribution is -0.167. The van der Waals surface area contributed by atoms with Crippen molar-refractivity contribution in [3.63, 3.8) is 0 Å². The van der Waals surface area contributed by atoms with Crippen molar-refractivity contribution in [3.8, 4) is 0 Å². The van der Waals surface area contributed by atoms with E-state index in [0.717, 1.165) is 116 Å². The third-order valence-electron chi connectivity index (χ3n) is 15.0. The molecule has 470 valence electrons. The highest BCUT2D eigenvalue weighted by molar-refractivity contribution is 5.71. The van der Waals surface area contributed by atoms with Crippen LogP contribution in [0.25, 0.3) is 0 Å². The number of carbonyl (C=O) groups is 3. The topological polar surface area (TPSA) is 78.9 Å². The third-order valence-corrected chi connectivity index (χ3v) is 15.0. The second-order valence-corrected chi connectivity index (χ2v) is 23.1. The molecule has 1 unspecified atom stereocenters. The van der Waals surface area contributed by atoms with E-state index in [1.54, 1.807) is 0 Å². The van der Waals surface area contributed by atoms with Gasteiger partial charge in [0.05, 0.1) is 0 Å². The van der Waals surface area contributed by atoms with E-state index in [4.69, 9.17) is 14.2 Å². The number of carbonyl (C=O) groups excluding carboxylic acids is 3. The highest BCUT2D eigenvalue weighted by Crippen LogP contribution is 2.17. The molecule has 0 radical (unpaired) electrons. The van der Waals surface area contributed by atoms with Gasteiger partial charge in [-0.3, -0.25) is 14.4 Å². The smallest absolute Gasteiger partial charge is 0.306 e. The maximum absolute atomic E-state index is 12.9. The average molecular weight is 1140 g/mol. The molecule has 6 nitrogen and oxygen atoms in total. The number of allylic oxidation sites excluding steroid dienone is 18. The van der Waals surface area contributed by atoms with E-state index in [2.05, 4.69) is 130 Å². The van der Waals surface area contributed by atoms with E-state index in [0.29, 0.717) is 19.3 Å². The van der Waals surface area contributed by atoms with E-state index in [9.17, 15) is 14.4 Å². The van der Waals surface area contributed by atoms with Gasteiger partial charge >= 0.3 is 17.9 Å². The fourth-order valence-corrected chi connectivity index (χ4v) is 9.77. The molecule has 0 N–H and O–H groups in total. The molecule has 0 amide bonds. The summed E-state index contributed by atoms with van der Waals surface area (Å²) < 4.78 is 17.0. The van der Waals surface area contributed by atoms with Gasteiger partial charge in [0.1, 0.15) is 13.2 Å². The van der Waals surface area contributed by atoms with Crippen LogP contribution in [0.3, 0.4) is 0 Å². The first-order valence-electron chi connectivity index (χ1n) is 34.9. The molecular weight excluding hydrogens is 1010 g/mol. The molecule has 0 aliphatic rings. The Morgan fingerprint density at radius 1 is 0.256 bits per heavy atom. The zero-order valence-corrected chi connectivity index (χ0v) is 54.0. The lowest BCUT2D eigenvalue weighted by Gasteiger charge is -2.18. The first kappa shape index (κ1) is 78.1. The highest BCUT2D eigenvalue weighted by Gasteiger charge is 2.19. The molecule has 0 fully saturated rings. The van der Waals surface area contributed by atoms with Crippen molar-refractivity contribution in [3.05, 3.63) is 109 Å². The van der Waals surface area contributed by atoms with Gasteiger partial charge in [-0.1, -0.05) is 297 Å². The van der Waals surface area contributed by atoms with Crippen LogP contribution in [-0.2, 0) is 28.6 Å². The van der Waals surface area contributed by atoms with E-state index in [1.807, 2.05) is 0 Å². The predicted molar refractivity (Wildman–Crippen MR) is 357 cm³/mol. The molecule has 0 aromatic carbocycles. The molecule has 0 aliphatic heterocycles. The van der Waals surface area contributed by atoms with Gasteiger partial charge in [-0.15, -0.1) is 0 Å². The van der Waals surface area contributed by atoms with Crippen molar-refractivity contribution in [1.29, 1.82) is 0 Å². The monoisotopic (exact) mass is 1140 g/mol. The summed E-state index contributed by atoms with van der Waals surface area (Å²) in [5.74, 6) is -0.889. The predicted octanol–water partition coefficient (Wildman–Crippen LogP) is 24.2. The molecule has 0 rings (SSSR count). The largest absolute Gasteiger partial charge is 0.462 e. The van der Waals surface area contributed by atoms with Crippen LogP contribution < -0.4 is 0 Å². The normalized spacial score (nSPS) is 12.8. The second kappa shape index (κ2) is 69.6. The number of hydrogen-bond donors (Lipinski definition) is 0. The van der Waals surface area contributed by atoms with Gasteiger partial charge in [-0.2, -0.15) is 0 Å². The molecule has 0 saturated heterocycles. The number of hydrogen-bond acceptors (Lipinski definition) is 6. The Kier molecular flexibility index (Phi) is 66.2. The number of esters is 3. The van der Waals surface area contributed by atoms with Crippen LogP contribution in [-0.4, -0.2) is 37.2 Å². The Morgan fingerprint density at radius 3 is 0.780 bits per heavy atom. The van der Waals surface area contributed by atoms with Gasteiger partial charge in [-0.25, -0.2) is 0 Å². The number of ether oxygens (including phenoxy) is 3. The molecule has 0 aromatic heterocycles. The summed E-state index contributed by atoms with van der Waals surface area (Å²) in [5, 5.41) is 0. The maximum atomic E-state index is 12.9. The van der Waals surface area contributed by atoms with Crippen LogP contribution in [0, 0.1) is 0 Å². The van der Waals surface area contributed by atoms with E-state index >= 15 is 0 Å². The van der Waals surface area contributed by atoms with E-state index in [1.165, 1.54) is 180 Å². The Bertz CT molecular complexity index is 1640. The quantitative estimate of drug-likeness (QED) is 0.0261. The minimum atomic E-state index is -0.788. The summed E-state index contributed by atoms with van der Waals surface area (Å²) in [6, 6.07) is 0. The van der Waals surface area contributed by atoms with Crippen LogP contribution in [0.4, 0.5) is 0 Å². The first-order valence-corrected chi connectivity index (χ1v) is 34.9. The SMILES string of the molecule is CC/C=C\C/C=C\C/C=C\C/C=C\C/C=C\CCCCCCCCCCCCCCCC(=O)OCC(COC(=O)CCCCCCC/C=C\CCCCC)OC(=O)CCCCCCCCCC/C=C\C/C=C\C/C=C\CCCCCCC. The Morgan fingerprint density at radius 2 is 0.476 bits per heavy atom. The zero-order valence-electron chi connectivity index (χ0n) is 54.0. The summed E-state index contributed by atoms with van der Waals surface area (Å²) in [6.07, 6.45) is 95.4. The van der Waals surface area contributed by atoms with Crippen LogP contribution >= 0.6 is 0 Å². The summed E-state index contributed by atoms with van der Waals surface area (Å²) in [5.41, 5.74) is 0. The Labute approximate surface area is 508 Å². The fraction of sp³-hybridized carbons (Fsp3) is 0.724. The van der Waals surface area contributed by atoms with Gasteiger partial charge in [0, 0.05) is 19.3 Å². The van der Waals surface area contributed by atoms with Crippen molar-refractivity contribution >= 4 is 17.9 Å². The second-order valence-electron chi connectivity index (χ2n) is 23.1. The lowest BCUT2D eigenvalue weighted by atomic mass is 10.0. The number of rotatable bonds is 63. The Hall–Kier alpha value is -3.93. The third kappa shape index (κ3) is 66.9. The molecule has 1 atom stereocenters. The van der Waals surface area contributed by atoms with Gasteiger partial charge in [0.25, 0.3) is 0 Å². The molecule has 0 saturated carbocycles. The lowest BCUT2D eigenvalue weighted by Crippen LogP contribution is -2.30. The summed E-state index contributed by atoms with van der Waals surface area (Å²) in [6.45, 7) is 6.51. The molecule has 0 aromatic rings. The van der Waals surface area contributed by atoms with Gasteiger partial charge in [0.15, 0.2) is 6.10 Å². The summed E-state index contributed by atoms with van der Waals surface area (Å²) in [4.78, 5) is 38.4. The van der Waals surface area contributed by atoms with Crippen LogP contribution in [0.15, 0.2) is 109 Å². The molecule has 6 heteroatoms.